The molecular formula is C51H32N4OS. The predicted octanol–water partition coefficient (Wildman–Crippen LogP) is 13.2. The van der Waals surface area contributed by atoms with Crippen LogP contribution in [-0.4, -0.2) is 16.2 Å². The van der Waals surface area contributed by atoms with Crippen molar-refractivity contribution in [3.05, 3.63) is 199 Å². The predicted molar refractivity (Wildman–Crippen MR) is 238 cm³/mol. The van der Waals surface area contributed by atoms with Crippen LogP contribution in [0, 0.1) is 0 Å². The van der Waals surface area contributed by atoms with Gasteiger partial charge >= 0.3 is 0 Å². The molecule has 0 spiro atoms. The Kier molecular flexibility index (Phi) is 7.09. The first kappa shape index (κ1) is 32.0. The molecule has 1 N–H and O–H groups in total. The zero-order chi connectivity index (χ0) is 37.5. The number of hydrogen-bond donors (Lipinski definition) is 1. The Balaban J connectivity index is 0.959. The number of nitrogens with one attached hydrogen (secondary N) is 1. The normalized spacial score (nSPS) is 14.5. The lowest BCUT2D eigenvalue weighted by molar-refractivity contribution is 0.669. The van der Waals surface area contributed by atoms with E-state index in [9.17, 15) is 0 Å². The summed E-state index contributed by atoms with van der Waals surface area (Å²) in [4.78, 5) is 10.1. The second-order valence-electron chi connectivity index (χ2n) is 14.6. The molecule has 8 aromatic carbocycles. The summed E-state index contributed by atoms with van der Waals surface area (Å²) >= 11 is 1.84. The molecule has 6 heteroatoms. The molecule has 268 valence electrons. The average Bonchev–Trinajstić information content (AvgIpc) is 3.95. The third-order valence-corrected chi connectivity index (χ3v) is 12.5. The monoisotopic (exact) mass is 748 g/mol. The lowest BCUT2D eigenvalue weighted by atomic mass is 10.00. The van der Waals surface area contributed by atoms with Gasteiger partial charge in [0.25, 0.3) is 0 Å². The van der Waals surface area contributed by atoms with Crippen LogP contribution in [0.1, 0.15) is 22.9 Å². The van der Waals surface area contributed by atoms with Gasteiger partial charge in [-0.05, 0) is 65.2 Å². The molecule has 5 nitrogen and oxygen atoms in total. The summed E-state index contributed by atoms with van der Waals surface area (Å²) in [5.41, 5.74) is 10.8. The summed E-state index contributed by atoms with van der Waals surface area (Å²) in [6.45, 7) is 0. The van der Waals surface area contributed by atoms with Gasteiger partial charge in [-0.25, -0.2) is 9.98 Å². The molecule has 0 amide bonds. The van der Waals surface area contributed by atoms with Crippen molar-refractivity contribution in [3.63, 3.8) is 0 Å². The first-order valence-electron chi connectivity index (χ1n) is 19.2. The SMILES string of the molecule is c1ccc(C2=NC(c3ccc4c(c3)sc3c(-c5ccc6oc7ccc(-n8c9ccccc9c9ccccc98)cc7c6c5)cccc34)NC(c3ccccc3)=N2)cc1. The minimum absolute atomic E-state index is 0.286. The van der Waals surface area contributed by atoms with Crippen molar-refractivity contribution >= 4 is 86.9 Å². The van der Waals surface area contributed by atoms with Crippen molar-refractivity contribution in [2.24, 2.45) is 9.98 Å². The molecule has 4 heterocycles. The van der Waals surface area contributed by atoms with Gasteiger partial charge in [-0.1, -0.05) is 133 Å². The van der Waals surface area contributed by atoms with Gasteiger partial charge in [-0.2, -0.15) is 0 Å². The molecular weight excluding hydrogens is 717 g/mol. The number of furan rings is 1. The van der Waals surface area contributed by atoms with Crippen LogP contribution < -0.4 is 5.32 Å². The van der Waals surface area contributed by atoms with Gasteiger partial charge < -0.3 is 14.3 Å². The zero-order valence-electron chi connectivity index (χ0n) is 30.6. The molecule has 0 saturated heterocycles. The molecule has 11 aromatic rings. The third kappa shape index (κ3) is 5.15. The first-order valence-corrected chi connectivity index (χ1v) is 20.0. The Labute approximate surface area is 331 Å². The molecule has 0 saturated carbocycles. The maximum Gasteiger partial charge on any atom is 0.159 e. The smallest absolute Gasteiger partial charge is 0.159 e. The molecule has 0 aliphatic carbocycles. The van der Waals surface area contributed by atoms with Crippen LogP contribution >= 0.6 is 11.3 Å². The van der Waals surface area contributed by atoms with Gasteiger partial charge in [0.05, 0.1) is 11.0 Å². The minimum Gasteiger partial charge on any atom is -0.456 e. The van der Waals surface area contributed by atoms with Crippen LogP contribution in [0.4, 0.5) is 0 Å². The third-order valence-electron chi connectivity index (χ3n) is 11.3. The fourth-order valence-corrected chi connectivity index (χ4v) is 9.85. The molecule has 0 radical (unpaired) electrons. The van der Waals surface area contributed by atoms with Gasteiger partial charge in [0, 0.05) is 58.5 Å². The number of aromatic nitrogens is 1. The number of aliphatic imine (C=N–C) groups is 2. The van der Waals surface area contributed by atoms with Crippen molar-refractivity contribution < 1.29 is 4.42 Å². The highest BCUT2D eigenvalue weighted by Crippen LogP contribution is 2.43. The Morgan fingerprint density at radius 1 is 0.509 bits per heavy atom. The topological polar surface area (TPSA) is 54.8 Å². The molecule has 3 aromatic heterocycles. The zero-order valence-corrected chi connectivity index (χ0v) is 31.4. The molecule has 1 aliphatic heterocycles. The summed E-state index contributed by atoms with van der Waals surface area (Å²) in [5.74, 6) is 1.54. The number of fused-ring (bicyclic) bond motifs is 9. The Morgan fingerprint density at radius 3 is 1.95 bits per heavy atom. The molecule has 0 bridgehead atoms. The quantitative estimate of drug-likeness (QED) is 0.191. The second-order valence-corrected chi connectivity index (χ2v) is 15.6. The summed E-state index contributed by atoms with van der Waals surface area (Å²) < 4.78 is 11.3. The second kappa shape index (κ2) is 12.6. The summed E-state index contributed by atoms with van der Waals surface area (Å²) in [7, 11) is 0. The van der Waals surface area contributed by atoms with E-state index in [0.29, 0.717) is 0 Å². The highest BCUT2D eigenvalue weighted by atomic mass is 32.1. The Bertz CT molecular complexity index is 3390. The van der Waals surface area contributed by atoms with Crippen LogP contribution in [0.15, 0.2) is 196 Å². The van der Waals surface area contributed by atoms with E-state index in [1.165, 1.54) is 53.1 Å². The standard InChI is InChI=1S/C51H32N4OS/c1-3-12-31(13-4-1)49-52-50(32-14-5-2-6-15-32)54-51(53-49)34-22-25-39-40-19-11-18-36(48(40)57-47(39)29-34)33-23-26-45-41(28-33)42-30-35(24-27-46(42)56-45)55-43-20-9-7-16-37(43)38-17-8-10-21-44(38)55/h1-30,51H,(H,52,53,54). The van der Waals surface area contributed by atoms with Gasteiger partial charge in [-0.3, -0.25) is 0 Å². The van der Waals surface area contributed by atoms with E-state index >= 15 is 0 Å². The van der Waals surface area contributed by atoms with E-state index in [1.807, 2.05) is 47.7 Å². The van der Waals surface area contributed by atoms with E-state index in [1.54, 1.807) is 0 Å². The molecule has 1 unspecified atom stereocenters. The molecule has 57 heavy (non-hydrogen) atoms. The van der Waals surface area contributed by atoms with Gasteiger partial charge in [0.1, 0.15) is 23.2 Å². The van der Waals surface area contributed by atoms with E-state index < -0.39 is 0 Å². The molecule has 0 fully saturated rings. The lowest BCUT2D eigenvalue weighted by Gasteiger charge is -2.23. The van der Waals surface area contributed by atoms with Crippen LogP contribution in [0.3, 0.4) is 0 Å². The Hall–Kier alpha value is -7.28. The summed E-state index contributed by atoms with van der Waals surface area (Å²) in [6, 6.07) is 64.4. The van der Waals surface area contributed by atoms with Crippen LogP contribution in [0.5, 0.6) is 0 Å². The van der Waals surface area contributed by atoms with Crippen molar-refractivity contribution in [2.75, 3.05) is 0 Å². The number of thiophene rings is 1. The Morgan fingerprint density at radius 2 is 1.18 bits per heavy atom. The maximum atomic E-state index is 6.44. The van der Waals surface area contributed by atoms with Gasteiger partial charge in [-0.15, -0.1) is 11.3 Å². The summed E-state index contributed by atoms with van der Waals surface area (Å²) in [6.07, 6.45) is -0.286. The molecule has 12 rings (SSSR count). The van der Waals surface area contributed by atoms with Crippen LogP contribution in [0.2, 0.25) is 0 Å². The first-order chi connectivity index (χ1) is 28.2. The van der Waals surface area contributed by atoms with Crippen LogP contribution in [-0.2, 0) is 0 Å². The van der Waals surface area contributed by atoms with E-state index in [-0.39, 0.29) is 6.17 Å². The van der Waals surface area contributed by atoms with Crippen molar-refractivity contribution in [2.45, 2.75) is 6.17 Å². The number of benzene rings is 8. The number of para-hydroxylation sites is 2. The van der Waals surface area contributed by atoms with Crippen molar-refractivity contribution in [1.29, 1.82) is 0 Å². The van der Waals surface area contributed by atoms with E-state index in [0.717, 1.165) is 56.0 Å². The fraction of sp³-hybridized carbons (Fsp3) is 0.0196. The van der Waals surface area contributed by atoms with E-state index in [4.69, 9.17) is 14.4 Å². The fourth-order valence-electron chi connectivity index (χ4n) is 8.56. The molecule has 1 aliphatic rings. The van der Waals surface area contributed by atoms with Crippen molar-refractivity contribution in [3.8, 4) is 16.8 Å². The van der Waals surface area contributed by atoms with Crippen LogP contribution in [0.25, 0.3) is 80.7 Å². The number of rotatable bonds is 5. The number of amidine groups is 2. The lowest BCUT2D eigenvalue weighted by Crippen LogP contribution is -2.33. The molecule has 1 atom stereocenters. The highest BCUT2D eigenvalue weighted by Gasteiger charge is 2.22. The summed E-state index contributed by atoms with van der Waals surface area (Å²) in [5, 5.41) is 10.8. The number of hydrogen-bond acceptors (Lipinski definition) is 5. The van der Waals surface area contributed by atoms with Crippen molar-refractivity contribution in [1.82, 2.24) is 9.88 Å². The highest BCUT2D eigenvalue weighted by molar-refractivity contribution is 7.26. The minimum atomic E-state index is -0.286. The number of nitrogens with zero attached hydrogens (tertiary/aromatic N) is 3. The average molecular weight is 749 g/mol. The van der Waals surface area contributed by atoms with E-state index in [2.05, 4.69) is 155 Å². The maximum absolute atomic E-state index is 6.44. The van der Waals surface area contributed by atoms with Gasteiger partial charge in [0.2, 0.25) is 0 Å². The van der Waals surface area contributed by atoms with Gasteiger partial charge in [0.15, 0.2) is 5.84 Å². The largest absolute Gasteiger partial charge is 0.456 e.